The van der Waals surface area contributed by atoms with E-state index in [9.17, 15) is 4.79 Å². The molecule has 0 bridgehead atoms. The van der Waals surface area contributed by atoms with E-state index in [1.165, 1.54) is 11.8 Å². The van der Waals surface area contributed by atoms with E-state index in [-0.39, 0.29) is 11.7 Å². The molecule has 0 spiro atoms. The molecular weight excluding hydrogens is 424 g/mol. The first-order chi connectivity index (χ1) is 14.5. The van der Waals surface area contributed by atoms with Crippen molar-refractivity contribution < 1.29 is 14.3 Å². The number of thioether (sulfide) groups is 1. The van der Waals surface area contributed by atoms with Gasteiger partial charge in [0.1, 0.15) is 0 Å². The van der Waals surface area contributed by atoms with E-state index < -0.39 is 0 Å². The first-order valence-corrected chi connectivity index (χ1v) is 10.6. The van der Waals surface area contributed by atoms with Gasteiger partial charge < -0.3 is 19.4 Å². The van der Waals surface area contributed by atoms with Gasteiger partial charge in [0.25, 0.3) is 0 Å². The molecule has 3 aromatic rings. The second kappa shape index (κ2) is 10.4. The molecule has 2 aromatic carbocycles. The Hall–Kier alpha value is -2.71. The highest BCUT2D eigenvalue weighted by Crippen LogP contribution is 2.27. The second-order valence-electron chi connectivity index (χ2n) is 6.45. The van der Waals surface area contributed by atoms with Crippen molar-refractivity contribution in [3.05, 3.63) is 53.1 Å². The van der Waals surface area contributed by atoms with Gasteiger partial charge in [-0.05, 0) is 48.4 Å². The minimum absolute atomic E-state index is 0.0588. The zero-order valence-electron chi connectivity index (χ0n) is 17.0. The van der Waals surface area contributed by atoms with Gasteiger partial charge >= 0.3 is 0 Å². The molecule has 0 fully saturated rings. The SMILES string of the molecule is COc1ccc(CCNC(=O)CSc2nnc(-c3ccc(Cl)cc3)n2C)cc1OC. The van der Waals surface area contributed by atoms with E-state index in [0.717, 1.165) is 17.0 Å². The summed E-state index contributed by atoms with van der Waals surface area (Å²) in [6.07, 6.45) is 0.696. The van der Waals surface area contributed by atoms with Crippen LogP contribution in [-0.4, -0.2) is 47.2 Å². The van der Waals surface area contributed by atoms with Gasteiger partial charge in [-0.3, -0.25) is 4.79 Å². The van der Waals surface area contributed by atoms with E-state index in [0.29, 0.717) is 34.6 Å². The number of rotatable bonds is 9. The molecule has 0 radical (unpaired) electrons. The predicted molar refractivity (Wildman–Crippen MR) is 118 cm³/mol. The Morgan fingerprint density at radius 3 is 2.53 bits per heavy atom. The van der Waals surface area contributed by atoms with Crippen LogP contribution in [0.2, 0.25) is 5.02 Å². The largest absolute Gasteiger partial charge is 0.493 e. The zero-order chi connectivity index (χ0) is 21.5. The molecule has 0 saturated heterocycles. The number of amides is 1. The number of methoxy groups -OCH3 is 2. The smallest absolute Gasteiger partial charge is 0.230 e. The Balaban J connectivity index is 1.49. The summed E-state index contributed by atoms with van der Waals surface area (Å²) >= 11 is 7.28. The number of ether oxygens (including phenoxy) is 2. The van der Waals surface area contributed by atoms with Crippen molar-refractivity contribution in [1.29, 1.82) is 0 Å². The number of carbonyl (C=O) groups excluding carboxylic acids is 1. The van der Waals surface area contributed by atoms with Crippen LogP contribution < -0.4 is 14.8 Å². The third kappa shape index (κ3) is 5.46. The van der Waals surface area contributed by atoms with Crippen molar-refractivity contribution in [3.8, 4) is 22.9 Å². The standard InChI is InChI=1S/C21H23ClN4O3S/c1-26-20(15-5-7-16(22)8-6-15)24-25-21(26)30-13-19(27)23-11-10-14-4-9-17(28-2)18(12-14)29-3/h4-9,12H,10-11,13H2,1-3H3,(H,23,27). The number of hydrogen-bond donors (Lipinski definition) is 1. The maximum Gasteiger partial charge on any atom is 0.230 e. The van der Waals surface area contributed by atoms with Crippen molar-refractivity contribution in [2.75, 3.05) is 26.5 Å². The van der Waals surface area contributed by atoms with E-state index in [4.69, 9.17) is 21.1 Å². The van der Waals surface area contributed by atoms with Crippen LogP contribution in [0, 0.1) is 0 Å². The van der Waals surface area contributed by atoms with Gasteiger partial charge in [-0.2, -0.15) is 0 Å². The Morgan fingerprint density at radius 2 is 1.83 bits per heavy atom. The zero-order valence-corrected chi connectivity index (χ0v) is 18.6. The van der Waals surface area contributed by atoms with E-state index in [2.05, 4.69) is 15.5 Å². The van der Waals surface area contributed by atoms with Crippen molar-refractivity contribution in [1.82, 2.24) is 20.1 Å². The molecule has 158 valence electrons. The first kappa shape index (κ1) is 22.0. The molecule has 1 aromatic heterocycles. The molecule has 9 heteroatoms. The Labute approximate surface area is 184 Å². The Bertz CT molecular complexity index is 1010. The molecule has 0 unspecified atom stereocenters. The van der Waals surface area contributed by atoms with E-state index >= 15 is 0 Å². The van der Waals surface area contributed by atoms with Gasteiger partial charge in [-0.1, -0.05) is 29.4 Å². The predicted octanol–water partition coefficient (Wildman–Crippen LogP) is 3.60. The number of aromatic nitrogens is 3. The van der Waals surface area contributed by atoms with Crippen LogP contribution in [0.4, 0.5) is 0 Å². The maximum atomic E-state index is 12.2. The fraction of sp³-hybridized carbons (Fsp3) is 0.286. The quantitative estimate of drug-likeness (QED) is 0.506. The number of benzene rings is 2. The summed E-state index contributed by atoms with van der Waals surface area (Å²) in [5.74, 6) is 2.29. The van der Waals surface area contributed by atoms with Crippen molar-refractivity contribution in [2.24, 2.45) is 7.05 Å². The van der Waals surface area contributed by atoms with Crippen molar-refractivity contribution in [3.63, 3.8) is 0 Å². The van der Waals surface area contributed by atoms with E-state index in [1.807, 2.05) is 54.1 Å². The minimum atomic E-state index is -0.0588. The van der Waals surface area contributed by atoms with Crippen LogP contribution in [0.1, 0.15) is 5.56 Å². The van der Waals surface area contributed by atoms with Gasteiger partial charge in [0.2, 0.25) is 5.91 Å². The molecule has 0 atom stereocenters. The molecule has 30 heavy (non-hydrogen) atoms. The van der Waals surface area contributed by atoms with Crippen molar-refractivity contribution >= 4 is 29.3 Å². The second-order valence-corrected chi connectivity index (χ2v) is 7.83. The van der Waals surface area contributed by atoms with Crippen LogP contribution in [0.15, 0.2) is 47.6 Å². The highest BCUT2D eigenvalue weighted by Gasteiger charge is 2.13. The molecule has 1 heterocycles. The highest BCUT2D eigenvalue weighted by molar-refractivity contribution is 7.99. The summed E-state index contributed by atoms with van der Waals surface area (Å²) in [6, 6.07) is 13.1. The fourth-order valence-corrected chi connectivity index (χ4v) is 3.72. The van der Waals surface area contributed by atoms with E-state index in [1.54, 1.807) is 14.2 Å². The van der Waals surface area contributed by atoms with Crippen LogP contribution in [0.5, 0.6) is 11.5 Å². The normalized spacial score (nSPS) is 10.7. The lowest BCUT2D eigenvalue weighted by molar-refractivity contribution is -0.118. The molecular formula is C21H23ClN4O3S. The summed E-state index contributed by atoms with van der Waals surface area (Å²) in [5, 5.41) is 12.7. The van der Waals surface area contributed by atoms with Crippen LogP contribution in [0.25, 0.3) is 11.4 Å². The molecule has 0 aliphatic carbocycles. The molecule has 7 nitrogen and oxygen atoms in total. The molecule has 1 amide bonds. The highest BCUT2D eigenvalue weighted by atomic mass is 35.5. The lowest BCUT2D eigenvalue weighted by Gasteiger charge is -2.10. The van der Waals surface area contributed by atoms with Crippen LogP contribution in [-0.2, 0) is 18.3 Å². The summed E-state index contributed by atoms with van der Waals surface area (Å²) in [7, 11) is 5.08. The Morgan fingerprint density at radius 1 is 1.10 bits per heavy atom. The fourth-order valence-electron chi connectivity index (χ4n) is 2.85. The lowest BCUT2D eigenvalue weighted by atomic mass is 10.1. The minimum Gasteiger partial charge on any atom is -0.493 e. The Kier molecular flexibility index (Phi) is 7.59. The topological polar surface area (TPSA) is 78.3 Å². The summed E-state index contributed by atoms with van der Waals surface area (Å²) in [5.41, 5.74) is 1.97. The first-order valence-electron chi connectivity index (χ1n) is 9.27. The third-order valence-electron chi connectivity index (χ3n) is 4.45. The number of hydrogen-bond acceptors (Lipinski definition) is 6. The average molecular weight is 447 g/mol. The number of halogens is 1. The number of nitrogens with one attached hydrogen (secondary N) is 1. The van der Waals surface area contributed by atoms with Gasteiger partial charge in [-0.25, -0.2) is 0 Å². The summed E-state index contributed by atoms with van der Waals surface area (Å²) < 4.78 is 12.4. The van der Waals surface area contributed by atoms with Gasteiger partial charge in [0.15, 0.2) is 22.5 Å². The van der Waals surface area contributed by atoms with Gasteiger partial charge in [-0.15, -0.1) is 10.2 Å². The molecule has 1 N–H and O–H groups in total. The maximum absolute atomic E-state index is 12.2. The van der Waals surface area contributed by atoms with Crippen LogP contribution in [0.3, 0.4) is 0 Å². The lowest BCUT2D eigenvalue weighted by Crippen LogP contribution is -2.27. The van der Waals surface area contributed by atoms with Gasteiger partial charge in [0, 0.05) is 24.2 Å². The summed E-state index contributed by atoms with van der Waals surface area (Å²) in [4.78, 5) is 12.2. The van der Waals surface area contributed by atoms with Crippen LogP contribution >= 0.6 is 23.4 Å². The third-order valence-corrected chi connectivity index (χ3v) is 5.73. The number of carbonyl (C=O) groups is 1. The number of nitrogens with zero attached hydrogens (tertiary/aromatic N) is 3. The average Bonchev–Trinajstić information content (AvgIpc) is 3.13. The molecule has 0 aliphatic rings. The monoisotopic (exact) mass is 446 g/mol. The molecule has 0 saturated carbocycles. The summed E-state index contributed by atoms with van der Waals surface area (Å²) in [6.45, 7) is 0.531. The van der Waals surface area contributed by atoms with Crippen molar-refractivity contribution in [2.45, 2.75) is 11.6 Å². The molecule has 0 aliphatic heterocycles. The van der Waals surface area contributed by atoms with Gasteiger partial charge in [0.05, 0.1) is 20.0 Å². The molecule has 3 rings (SSSR count).